The highest BCUT2D eigenvalue weighted by molar-refractivity contribution is 14.0. The Balaban J connectivity index is 0.00000272. The topological polar surface area (TPSA) is 57.9 Å². The minimum absolute atomic E-state index is 0. The fourth-order valence-electron chi connectivity index (χ4n) is 4.33. The van der Waals surface area contributed by atoms with Gasteiger partial charge in [-0.05, 0) is 30.0 Å². The van der Waals surface area contributed by atoms with Gasteiger partial charge in [0.15, 0.2) is 5.96 Å². The van der Waals surface area contributed by atoms with Gasteiger partial charge in [0, 0.05) is 52.2 Å². The summed E-state index contributed by atoms with van der Waals surface area (Å²) in [5, 5.41) is 3.41. The van der Waals surface area contributed by atoms with Crippen LogP contribution in [0.3, 0.4) is 0 Å². The second-order valence-electron chi connectivity index (χ2n) is 8.08. The van der Waals surface area contributed by atoms with E-state index in [4.69, 9.17) is 4.74 Å². The zero-order valence-electron chi connectivity index (χ0n) is 18.2. The molecule has 2 fully saturated rings. The minimum Gasteiger partial charge on any atom is -0.378 e. The van der Waals surface area contributed by atoms with Gasteiger partial charge in [0.2, 0.25) is 0 Å². The van der Waals surface area contributed by atoms with Crippen LogP contribution in [-0.2, 0) is 11.3 Å². The van der Waals surface area contributed by atoms with Crippen LogP contribution in [0.25, 0.3) is 0 Å². The Bertz CT molecular complexity index is 856. The van der Waals surface area contributed by atoms with Gasteiger partial charge in [-0.2, -0.15) is 0 Å². The van der Waals surface area contributed by atoms with Gasteiger partial charge in [-0.1, -0.05) is 13.0 Å². The number of morpholine rings is 1. The molecule has 3 heterocycles. The molecule has 0 aliphatic carbocycles. The molecule has 31 heavy (non-hydrogen) atoms. The number of guanidine groups is 1. The van der Waals surface area contributed by atoms with Gasteiger partial charge in [0.1, 0.15) is 5.82 Å². The molecule has 4 rings (SSSR count). The number of ether oxygens (including phenoxy) is 1. The third-order valence-corrected chi connectivity index (χ3v) is 6.15. The standard InChI is InChI=1S/C22H31FN6O.HI/c1-17-5-7-28(15-21(17)29-8-6-25-16-29)22(24-2)26-14-18-3-4-20(19(23)13-18)27-9-11-30-12-10-27;/h3-4,6,8,13,16-17,21H,5,7,9-12,14-15H2,1-2H3,(H,24,26);1H. The van der Waals surface area contributed by atoms with Gasteiger partial charge in [-0.15, -0.1) is 24.0 Å². The summed E-state index contributed by atoms with van der Waals surface area (Å²) in [7, 11) is 1.80. The van der Waals surface area contributed by atoms with Crippen molar-refractivity contribution in [3.8, 4) is 0 Å². The van der Waals surface area contributed by atoms with Crippen LogP contribution < -0.4 is 10.2 Å². The van der Waals surface area contributed by atoms with E-state index in [0.29, 0.717) is 37.4 Å². The number of hydrogen-bond donors (Lipinski definition) is 1. The predicted octanol–water partition coefficient (Wildman–Crippen LogP) is 3.14. The molecule has 0 spiro atoms. The molecule has 2 atom stereocenters. The van der Waals surface area contributed by atoms with Crippen LogP contribution in [0, 0.1) is 11.7 Å². The van der Waals surface area contributed by atoms with E-state index < -0.39 is 0 Å². The van der Waals surface area contributed by atoms with Crippen LogP contribution in [0.15, 0.2) is 41.9 Å². The number of nitrogens with one attached hydrogen (secondary N) is 1. The first-order chi connectivity index (χ1) is 14.7. The molecule has 1 N–H and O–H groups in total. The second kappa shape index (κ2) is 11.1. The second-order valence-corrected chi connectivity index (χ2v) is 8.08. The van der Waals surface area contributed by atoms with Crippen molar-refractivity contribution < 1.29 is 9.13 Å². The fraction of sp³-hybridized carbons (Fsp3) is 0.545. The highest BCUT2D eigenvalue weighted by atomic mass is 127. The number of benzene rings is 1. The van der Waals surface area contributed by atoms with Crippen molar-refractivity contribution in [2.75, 3.05) is 51.3 Å². The maximum Gasteiger partial charge on any atom is 0.193 e. The number of aromatic nitrogens is 2. The van der Waals surface area contributed by atoms with Crippen LogP contribution in [0.5, 0.6) is 0 Å². The van der Waals surface area contributed by atoms with E-state index in [9.17, 15) is 4.39 Å². The number of anilines is 1. The molecule has 2 unspecified atom stereocenters. The normalized spacial score (nSPS) is 22.2. The lowest BCUT2D eigenvalue weighted by Crippen LogP contribution is -2.48. The number of likely N-dealkylation sites (tertiary alicyclic amines) is 1. The van der Waals surface area contributed by atoms with Crippen LogP contribution >= 0.6 is 24.0 Å². The summed E-state index contributed by atoms with van der Waals surface area (Å²) in [6, 6.07) is 5.85. The van der Waals surface area contributed by atoms with Gasteiger partial charge in [0.05, 0.1) is 31.3 Å². The molecule has 1 aromatic heterocycles. The molecule has 0 radical (unpaired) electrons. The van der Waals surface area contributed by atoms with Gasteiger partial charge >= 0.3 is 0 Å². The average molecular weight is 542 g/mol. The summed E-state index contributed by atoms with van der Waals surface area (Å²) < 4.78 is 22.2. The van der Waals surface area contributed by atoms with Crippen molar-refractivity contribution in [3.05, 3.63) is 48.3 Å². The molecule has 2 aliphatic heterocycles. The van der Waals surface area contributed by atoms with Crippen molar-refractivity contribution in [2.24, 2.45) is 10.9 Å². The highest BCUT2D eigenvalue weighted by Gasteiger charge is 2.28. The van der Waals surface area contributed by atoms with E-state index >= 15 is 0 Å². The molecule has 0 saturated carbocycles. The number of rotatable bonds is 4. The number of piperidine rings is 1. The summed E-state index contributed by atoms with van der Waals surface area (Å²) in [5.74, 6) is 1.25. The Morgan fingerprint density at radius 2 is 2.10 bits per heavy atom. The minimum atomic E-state index is -0.182. The van der Waals surface area contributed by atoms with Crippen molar-refractivity contribution in [1.82, 2.24) is 19.8 Å². The molecule has 170 valence electrons. The summed E-state index contributed by atoms with van der Waals surface area (Å²) in [6.07, 6.45) is 6.83. The largest absolute Gasteiger partial charge is 0.378 e. The molecule has 7 nitrogen and oxygen atoms in total. The monoisotopic (exact) mass is 542 g/mol. The Hall–Kier alpha value is -1.88. The lowest BCUT2D eigenvalue weighted by molar-refractivity contribution is 0.122. The van der Waals surface area contributed by atoms with E-state index in [1.165, 1.54) is 0 Å². The molecule has 2 saturated heterocycles. The zero-order valence-corrected chi connectivity index (χ0v) is 20.5. The molecule has 2 aliphatic rings. The van der Waals surface area contributed by atoms with E-state index in [0.717, 1.165) is 44.1 Å². The van der Waals surface area contributed by atoms with E-state index in [1.807, 2.05) is 35.8 Å². The summed E-state index contributed by atoms with van der Waals surface area (Å²) in [4.78, 5) is 13.0. The first-order valence-corrected chi connectivity index (χ1v) is 10.7. The van der Waals surface area contributed by atoms with Crippen LogP contribution in [0.1, 0.15) is 24.9 Å². The number of hydrogen-bond acceptors (Lipinski definition) is 4. The smallest absolute Gasteiger partial charge is 0.193 e. The van der Waals surface area contributed by atoms with Crippen molar-refractivity contribution in [2.45, 2.75) is 25.9 Å². The molecular formula is C22H32FIN6O. The number of halogens is 2. The average Bonchev–Trinajstić information content (AvgIpc) is 3.30. The van der Waals surface area contributed by atoms with Crippen LogP contribution in [0.4, 0.5) is 10.1 Å². The maximum atomic E-state index is 14.7. The van der Waals surface area contributed by atoms with Crippen LogP contribution in [-0.4, -0.2) is 66.9 Å². The Morgan fingerprint density at radius 3 is 2.77 bits per heavy atom. The van der Waals surface area contributed by atoms with Gasteiger partial charge in [-0.3, -0.25) is 4.99 Å². The number of aliphatic imine (C=N–C) groups is 1. The van der Waals surface area contributed by atoms with Crippen molar-refractivity contribution in [1.29, 1.82) is 0 Å². The van der Waals surface area contributed by atoms with E-state index in [1.54, 1.807) is 13.1 Å². The third kappa shape index (κ3) is 5.68. The lowest BCUT2D eigenvalue weighted by Gasteiger charge is -2.39. The number of nitrogens with zero attached hydrogens (tertiary/aromatic N) is 5. The van der Waals surface area contributed by atoms with E-state index in [2.05, 4.69) is 31.7 Å². The van der Waals surface area contributed by atoms with Gasteiger partial charge in [0.25, 0.3) is 0 Å². The van der Waals surface area contributed by atoms with Crippen molar-refractivity contribution in [3.63, 3.8) is 0 Å². The fourth-order valence-corrected chi connectivity index (χ4v) is 4.33. The quantitative estimate of drug-likeness (QED) is 0.366. The highest BCUT2D eigenvalue weighted by Crippen LogP contribution is 2.27. The summed E-state index contributed by atoms with van der Waals surface area (Å²) >= 11 is 0. The number of imidazole rings is 1. The van der Waals surface area contributed by atoms with Gasteiger partial charge < -0.3 is 24.4 Å². The first-order valence-electron chi connectivity index (χ1n) is 10.7. The predicted molar refractivity (Wildman–Crippen MR) is 132 cm³/mol. The molecule has 0 amide bonds. The summed E-state index contributed by atoms with van der Waals surface area (Å²) in [5.41, 5.74) is 1.56. The SMILES string of the molecule is CN=C(NCc1ccc(N2CCOCC2)c(F)c1)N1CCC(C)C(n2ccnc2)C1.I. The summed E-state index contributed by atoms with van der Waals surface area (Å²) in [6.45, 7) is 7.41. The van der Waals surface area contributed by atoms with E-state index in [-0.39, 0.29) is 29.8 Å². The molecule has 1 aromatic carbocycles. The Kier molecular flexibility index (Phi) is 8.53. The van der Waals surface area contributed by atoms with Gasteiger partial charge in [-0.25, -0.2) is 9.37 Å². The van der Waals surface area contributed by atoms with Crippen LogP contribution in [0.2, 0.25) is 0 Å². The first kappa shape index (κ1) is 23.8. The molecule has 2 aromatic rings. The molecular weight excluding hydrogens is 510 g/mol. The molecule has 0 bridgehead atoms. The Morgan fingerprint density at radius 1 is 1.29 bits per heavy atom. The third-order valence-electron chi connectivity index (χ3n) is 6.15. The van der Waals surface area contributed by atoms with Crippen molar-refractivity contribution >= 4 is 35.6 Å². The lowest BCUT2D eigenvalue weighted by atomic mass is 9.93. The zero-order chi connectivity index (χ0) is 20.9. The maximum absolute atomic E-state index is 14.7. The molecule has 9 heteroatoms. The Labute approximate surface area is 200 Å².